The third-order valence-electron chi connectivity index (χ3n) is 6.82. The van der Waals surface area contributed by atoms with Crippen molar-refractivity contribution in [3.05, 3.63) is 100 Å². The van der Waals surface area contributed by atoms with E-state index in [1.54, 1.807) is 7.11 Å². The van der Waals surface area contributed by atoms with Gasteiger partial charge in [-0.05, 0) is 86.1 Å². The molecule has 0 radical (unpaired) electrons. The van der Waals surface area contributed by atoms with Gasteiger partial charge in [-0.25, -0.2) is 4.98 Å². The largest absolute Gasteiger partial charge is 0.493 e. The molecule has 0 aliphatic heterocycles. The molecule has 6 heteroatoms. The summed E-state index contributed by atoms with van der Waals surface area (Å²) in [7, 11) is 1.71. The number of aryl methyl sites for hydroxylation is 1. The van der Waals surface area contributed by atoms with Crippen LogP contribution in [0.25, 0.3) is 0 Å². The van der Waals surface area contributed by atoms with Gasteiger partial charge in [-0.15, -0.1) is 0 Å². The van der Waals surface area contributed by atoms with E-state index in [0.29, 0.717) is 19.6 Å². The molecule has 0 unspecified atom stereocenters. The summed E-state index contributed by atoms with van der Waals surface area (Å²) in [6.45, 7) is 6.05. The number of ether oxygens (including phenoxy) is 2. The molecular weight excluding hydrogens is 462 g/mol. The Morgan fingerprint density at radius 3 is 2.81 bits per heavy atom. The van der Waals surface area contributed by atoms with Gasteiger partial charge >= 0.3 is 0 Å². The number of carbonyl (C=O) groups excluding carboxylic acids is 1. The zero-order chi connectivity index (χ0) is 26.0. The van der Waals surface area contributed by atoms with E-state index in [1.165, 1.54) is 11.1 Å². The molecule has 1 aliphatic carbocycles. The van der Waals surface area contributed by atoms with Crippen molar-refractivity contribution in [2.75, 3.05) is 20.3 Å². The minimum atomic E-state index is 0.241. The van der Waals surface area contributed by atoms with E-state index in [-0.39, 0.29) is 5.78 Å². The van der Waals surface area contributed by atoms with Crippen LogP contribution in [0.5, 0.6) is 5.75 Å². The second-order valence-electron chi connectivity index (χ2n) is 9.56. The quantitative estimate of drug-likeness (QED) is 0.297. The third kappa shape index (κ3) is 7.04. The van der Waals surface area contributed by atoms with Crippen molar-refractivity contribution in [3.8, 4) is 5.75 Å². The molecule has 0 spiro atoms. The summed E-state index contributed by atoms with van der Waals surface area (Å²) in [5.41, 5.74) is 7.75. The molecule has 0 N–H and O–H groups in total. The number of hydrogen-bond donors (Lipinski definition) is 0. The highest BCUT2D eigenvalue weighted by Crippen LogP contribution is 2.32. The molecule has 0 amide bonds. The van der Waals surface area contributed by atoms with Crippen LogP contribution in [-0.4, -0.2) is 40.6 Å². The number of aromatic nitrogens is 3. The summed E-state index contributed by atoms with van der Waals surface area (Å²) in [6.07, 6.45) is 14.7. The summed E-state index contributed by atoms with van der Waals surface area (Å²) < 4.78 is 13.8. The number of nitrogens with zero attached hydrogens (tertiary/aromatic N) is 3. The number of fused-ring (bicyclic) bond motifs is 1. The minimum Gasteiger partial charge on any atom is -0.493 e. The van der Waals surface area contributed by atoms with Crippen LogP contribution >= 0.6 is 0 Å². The number of hydrogen-bond acceptors (Lipinski definition) is 5. The smallest absolute Gasteiger partial charge is 0.163 e. The van der Waals surface area contributed by atoms with Crippen LogP contribution in [0.3, 0.4) is 0 Å². The van der Waals surface area contributed by atoms with Crippen LogP contribution in [0, 0.1) is 0 Å². The normalized spacial score (nSPS) is 14.1. The Morgan fingerprint density at radius 2 is 2.03 bits per heavy atom. The van der Waals surface area contributed by atoms with Gasteiger partial charge in [-0.1, -0.05) is 18.2 Å². The Labute approximate surface area is 220 Å². The summed E-state index contributed by atoms with van der Waals surface area (Å²) in [5, 5.41) is 0. The van der Waals surface area contributed by atoms with Crippen LogP contribution < -0.4 is 4.74 Å². The van der Waals surface area contributed by atoms with E-state index in [4.69, 9.17) is 9.47 Å². The summed E-state index contributed by atoms with van der Waals surface area (Å²) >= 11 is 0. The maximum absolute atomic E-state index is 12.6. The van der Waals surface area contributed by atoms with E-state index in [1.807, 2.05) is 49.1 Å². The number of imidazole rings is 1. The maximum atomic E-state index is 12.6. The lowest BCUT2D eigenvalue weighted by Gasteiger charge is -2.22. The highest BCUT2D eigenvalue weighted by atomic mass is 16.5. The Balaban J connectivity index is 1.46. The molecule has 0 bridgehead atoms. The van der Waals surface area contributed by atoms with E-state index in [2.05, 4.69) is 40.5 Å². The molecule has 1 aliphatic rings. The van der Waals surface area contributed by atoms with E-state index in [9.17, 15) is 4.79 Å². The molecule has 3 aromatic rings. The predicted molar refractivity (Wildman–Crippen MR) is 146 cm³/mol. The van der Waals surface area contributed by atoms with Crippen LogP contribution in [0.1, 0.15) is 59.6 Å². The second-order valence-corrected chi connectivity index (χ2v) is 9.56. The van der Waals surface area contributed by atoms with Crippen LogP contribution in [-0.2, 0) is 37.0 Å². The first-order valence-corrected chi connectivity index (χ1v) is 13.1. The maximum Gasteiger partial charge on any atom is 0.163 e. The summed E-state index contributed by atoms with van der Waals surface area (Å²) in [4.78, 5) is 21.4. The first-order chi connectivity index (χ1) is 18.1. The van der Waals surface area contributed by atoms with Gasteiger partial charge in [0, 0.05) is 55.8 Å². The molecule has 0 fully saturated rings. The number of methoxy groups -OCH3 is 1. The number of carbonyl (C=O) groups is 1. The fourth-order valence-electron chi connectivity index (χ4n) is 4.95. The minimum absolute atomic E-state index is 0.241. The summed E-state index contributed by atoms with van der Waals surface area (Å²) in [6, 6.07) is 9.93. The zero-order valence-corrected chi connectivity index (χ0v) is 22.2. The zero-order valence-electron chi connectivity index (χ0n) is 22.2. The van der Waals surface area contributed by atoms with Gasteiger partial charge in [0.15, 0.2) is 5.78 Å². The average molecular weight is 500 g/mol. The molecule has 2 heterocycles. The van der Waals surface area contributed by atoms with Gasteiger partial charge in [0.1, 0.15) is 5.75 Å². The molecule has 4 rings (SSSR count). The van der Waals surface area contributed by atoms with Crippen molar-refractivity contribution in [2.45, 2.75) is 58.9 Å². The van der Waals surface area contributed by atoms with Gasteiger partial charge in [-0.2, -0.15) is 0 Å². The highest BCUT2D eigenvalue weighted by molar-refractivity contribution is 5.99. The number of Topliss-reactive ketones (excluding diaryl/α,β-unsaturated/α-hetero) is 1. The Hall–Kier alpha value is -3.51. The summed E-state index contributed by atoms with van der Waals surface area (Å²) in [5.74, 6) is 1.12. The first-order valence-electron chi connectivity index (χ1n) is 13.1. The van der Waals surface area contributed by atoms with Crippen molar-refractivity contribution >= 4 is 5.78 Å². The van der Waals surface area contributed by atoms with Gasteiger partial charge in [0.2, 0.25) is 0 Å². The van der Waals surface area contributed by atoms with Crippen molar-refractivity contribution in [3.63, 3.8) is 0 Å². The number of ketones is 1. The monoisotopic (exact) mass is 499 g/mol. The third-order valence-corrected chi connectivity index (χ3v) is 6.82. The molecule has 0 saturated heterocycles. The second kappa shape index (κ2) is 13.2. The predicted octanol–water partition coefficient (Wildman–Crippen LogP) is 5.74. The van der Waals surface area contributed by atoms with Gasteiger partial charge in [-0.3, -0.25) is 9.78 Å². The lowest BCUT2D eigenvalue weighted by Crippen LogP contribution is -2.16. The number of pyridine rings is 1. The lowest BCUT2D eigenvalue weighted by molar-refractivity contribution is 0.0972. The average Bonchev–Trinajstić information content (AvgIpc) is 3.35. The SMILES string of the molecule is C/C=C(\C=C(\C)COC)Cn1cncc1CCOc1ccc2c(c1CCc1ccccn1)CCCC2=O. The lowest BCUT2D eigenvalue weighted by atomic mass is 9.85. The molecule has 1 aromatic carbocycles. The molecule has 0 saturated carbocycles. The molecule has 0 atom stereocenters. The van der Waals surface area contributed by atoms with Crippen molar-refractivity contribution < 1.29 is 14.3 Å². The van der Waals surface area contributed by atoms with E-state index < -0.39 is 0 Å². The fraction of sp³-hybridized carbons (Fsp3) is 0.387. The van der Waals surface area contributed by atoms with Crippen molar-refractivity contribution in [1.82, 2.24) is 14.5 Å². The van der Waals surface area contributed by atoms with Gasteiger partial charge < -0.3 is 14.0 Å². The standard InChI is InChI=1S/C31H37N3O3/c1-4-24(18-23(2)21-36-3)20-34-22-32-19-26(34)15-17-37-31-14-13-28-27(9-7-10-30(28)35)29(31)12-11-25-8-5-6-16-33-25/h4-6,8,13-14,16,18-19,22H,7,9-12,15,17,20-21H2,1-3H3/b23-18-,24-4+. The van der Waals surface area contributed by atoms with Gasteiger partial charge in [0.05, 0.1) is 19.5 Å². The van der Waals surface area contributed by atoms with Crippen LogP contribution in [0.4, 0.5) is 0 Å². The molecule has 6 nitrogen and oxygen atoms in total. The van der Waals surface area contributed by atoms with E-state index >= 15 is 0 Å². The highest BCUT2D eigenvalue weighted by Gasteiger charge is 2.22. The molecular formula is C31H37N3O3. The number of benzene rings is 1. The van der Waals surface area contributed by atoms with Crippen LogP contribution in [0.15, 0.2) is 72.4 Å². The molecule has 194 valence electrons. The Kier molecular flexibility index (Phi) is 9.44. The van der Waals surface area contributed by atoms with Crippen LogP contribution in [0.2, 0.25) is 0 Å². The number of allylic oxidation sites excluding steroid dienone is 3. The topological polar surface area (TPSA) is 66.2 Å². The molecule has 2 aromatic heterocycles. The Morgan fingerprint density at radius 1 is 1.14 bits per heavy atom. The molecule has 37 heavy (non-hydrogen) atoms. The van der Waals surface area contributed by atoms with Crippen molar-refractivity contribution in [2.24, 2.45) is 0 Å². The first kappa shape index (κ1) is 26.6. The number of rotatable bonds is 12. The van der Waals surface area contributed by atoms with Crippen molar-refractivity contribution in [1.29, 1.82) is 0 Å². The fourth-order valence-corrected chi connectivity index (χ4v) is 4.95. The van der Waals surface area contributed by atoms with E-state index in [0.717, 1.165) is 72.5 Å². The Bertz CT molecular complexity index is 1260. The van der Waals surface area contributed by atoms with Gasteiger partial charge in [0.25, 0.3) is 0 Å².